The van der Waals surface area contributed by atoms with Gasteiger partial charge < -0.3 is 0 Å². The molecule has 148 valence electrons. The van der Waals surface area contributed by atoms with Crippen LogP contribution in [0.15, 0.2) is 115 Å². The molecule has 0 amide bonds. The van der Waals surface area contributed by atoms with E-state index in [9.17, 15) is 0 Å². The molecule has 0 aliphatic carbocycles. The maximum absolute atomic E-state index is 2.40. The minimum atomic E-state index is -1.44. The first-order chi connectivity index (χ1) is 14.8. The first kappa shape index (κ1) is 20.5. The average Bonchev–Trinajstić information content (AvgIpc) is 2.82. The Balaban J connectivity index is 1.68. The molecule has 0 radical (unpaired) electrons. The lowest BCUT2D eigenvalue weighted by Gasteiger charge is -2.17. The fourth-order valence-electron chi connectivity index (χ4n) is 4.08. The van der Waals surface area contributed by atoms with Gasteiger partial charge in [-0.3, -0.25) is 0 Å². The largest absolute Gasteiger partial charge is 0.132 e. The molecule has 0 N–H and O–H groups in total. The van der Waals surface area contributed by atoms with Crippen LogP contribution in [0.1, 0.15) is 25.3 Å². The second-order valence-electron chi connectivity index (χ2n) is 7.71. The summed E-state index contributed by atoms with van der Waals surface area (Å²) in [5.74, 6) is 0. The van der Waals surface area contributed by atoms with Crippen LogP contribution in [-0.2, 0) is 0 Å². The van der Waals surface area contributed by atoms with Crippen LogP contribution in [0, 0.1) is 0 Å². The molecule has 0 saturated carbocycles. The van der Waals surface area contributed by atoms with Crippen molar-refractivity contribution >= 4 is 43.8 Å². The molecule has 4 rings (SSSR count). The van der Waals surface area contributed by atoms with Gasteiger partial charge in [-0.2, -0.15) is 0 Å². The van der Waals surface area contributed by atoms with Gasteiger partial charge in [0.2, 0.25) is 0 Å². The highest BCUT2D eigenvalue weighted by Gasteiger charge is 2.18. The first-order valence-corrected chi connectivity index (χ1v) is 13.7. The van der Waals surface area contributed by atoms with Gasteiger partial charge in [0.25, 0.3) is 0 Å². The maximum Gasteiger partial charge on any atom is 0.132 e. The lowest BCUT2D eigenvalue weighted by atomic mass is 10.1. The number of hydrogen-bond donors (Lipinski definition) is 0. The van der Waals surface area contributed by atoms with E-state index in [1.54, 1.807) is 5.17 Å². The highest BCUT2D eigenvalue weighted by molar-refractivity contribution is 6.95. The molecule has 0 aliphatic heterocycles. The van der Waals surface area contributed by atoms with Gasteiger partial charge >= 0.3 is 0 Å². The predicted octanol–water partition coefficient (Wildman–Crippen LogP) is 3.02. The van der Waals surface area contributed by atoms with E-state index in [4.69, 9.17) is 0 Å². The van der Waals surface area contributed by atoms with E-state index in [-0.39, 0.29) is 9.13 Å². The zero-order valence-electron chi connectivity index (χ0n) is 17.5. The predicted molar refractivity (Wildman–Crippen MR) is 138 cm³/mol. The molecule has 0 aliphatic rings. The van der Waals surface area contributed by atoms with Gasteiger partial charge in [0, 0.05) is 9.13 Å². The summed E-state index contributed by atoms with van der Waals surface area (Å²) in [6.07, 6.45) is 2.39. The molecule has 0 atom stereocenters. The van der Waals surface area contributed by atoms with E-state index < -0.39 is 8.80 Å². The van der Waals surface area contributed by atoms with Crippen LogP contribution >= 0.6 is 0 Å². The Morgan fingerprint density at radius 3 is 1.57 bits per heavy atom. The minimum absolute atomic E-state index is 0.147. The molecule has 0 unspecified atom stereocenters. The normalized spacial score (nSPS) is 11.6. The minimum Gasteiger partial charge on any atom is -0.0651 e. The molecular weight excluding hydrogens is 392 g/mol. The Hall–Kier alpha value is -2.82. The van der Waals surface area contributed by atoms with Crippen LogP contribution in [-0.4, -0.2) is 23.1 Å². The third-order valence-electron chi connectivity index (χ3n) is 5.54. The van der Waals surface area contributed by atoms with Crippen LogP contribution in [0.25, 0.3) is 0 Å². The molecule has 4 aromatic carbocycles. The first-order valence-electron chi connectivity index (χ1n) is 10.8. The quantitative estimate of drug-likeness (QED) is 0.318. The van der Waals surface area contributed by atoms with E-state index in [0.717, 1.165) is 0 Å². The van der Waals surface area contributed by atoms with E-state index in [0.29, 0.717) is 0 Å². The fourth-order valence-corrected chi connectivity index (χ4v) is 8.60. The van der Waals surface area contributed by atoms with Gasteiger partial charge in [0.15, 0.2) is 0 Å². The van der Waals surface area contributed by atoms with E-state index >= 15 is 0 Å². The molecule has 4 aromatic rings. The summed E-state index contributed by atoms with van der Waals surface area (Å²) in [5.41, 5.74) is 1.42. The second kappa shape index (κ2) is 10.3. The third kappa shape index (κ3) is 5.02. The summed E-state index contributed by atoms with van der Waals surface area (Å²) in [5, 5.41) is 7.55. The van der Waals surface area contributed by atoms with Gasteiger partial charge in [-0.25, -0.2) is 0 Å². The molecule has 0 spiro atoms. The van der Waals surface area contributed by atoms with Crippen molar-refractivity contribution in [3.63, 3.8) is 0 Å². The zero-order chi connectivity index (χ0) is 20.6. The molecule has 0 aromatic heterocycles. The van der Waals surface area contributed by atoms with Crippen LogP contribution in [0.3, 0.4) is 0 Å². The lowest BCUT2D eigenvalue weighted by molar-refractivity contribution is 1.00. The highest BCUT2D eigenvalue weighted by Crippen LogP contribution is 2.04. The van der Waals surface area contributed by atoms with Crippen LogP contribution in [0.2, 0.25) is 0 Å². The molecular formula is C28H28Si2. The summed E-state index contributed by atoms with van der Waals surface area (Å²) in [4.78, 5) is 0. The molecule has 0 fully saturated rings. The van der Waals surface area contributed by atoms with Gasteiger partial charge in [0.05, 0.1) is 0 Å². The maximum atomic E-state index is 2.40. The zero-order valence-corrected chi connectivity index (χ0v) is 19.8. The van der Waals surface area contributed by atoms with Crippen molar-refractivity contribution in [3.8, 4) is 0 Å². The van der Waals surface area contributed by atoms with Crippen molar-refractivity contribution in [2.75, 3.05) is 0 Å². The fraction of sp³-hybridized carbons (Fsp3) is 0.107. The Morgan fingerprint density at radius 1 is 0.600 bits per heavy atom. The van der Waals surface area contributed by atoms with Gasteiger partial charge in [-0.15, -0.1) is 0 Å². The highest BCUT2D eigenvalue weighted by atomic mass is 28.3. The number of benzene rings is 4. The Morgan fingerprint density at radius 2 is 1.07 bits per heavy atom. The summed E-state index contributed by atoms with van der Waals surface area (Å²) >= 11 is 0. The standard InChI is InChI=1S/C28H28Si2/c1-2-12-28(23-13-6-3-7-14-23)29-24-19-21-27(22-20-24)30(25-15-8-4-9-16-25)26-17-10-5-11-18-26/h3-11,13-22,29-30H,2,12H2,1H3/b29-28+. The summed E-state index contributed by atoms with van der Waals surface area (Å²) in [6, 6.07) is 42.6. The third-order valence-corrected chi connectivity index (χ3v) is 10.4. The van der Waals surface area contributed by atoms with Gasteiger partial charge in [-0.05, 0) is 17.2 Å². The summed E-state index contributed by atoms with van der Waals surface area (Å²) in [6.45, 7) is 2.28. The SMILES string of the molecule is CCC/C(=[SiH]\c1ccc([SiH](c2ccccc2)c2ccccc2)cc1)c1ccccc1. The van der Waals surface area contributed by atoms with Crippen LogP contribution in [0.4, 0.5) is 0 Å². The number of hydrogen-bond acceptors (Lipinski definition) is 0. The topological polar surface area (TPSA) is 0 Å². The van der Waals surface area contributed by atoms with Crippen LogP contribution in [0.5, 0.6) is 0 Å². The summed E-state index contributed by atoms with van der Waals surface area (Å²) < 4.78 is 0. The molecule has 30 heavy (non-hydrogen) atoms. The van der Waals surface area contributed by atoms with E-state index in [1.807, 2.05) is 0 Å². The second-order valence-corrected chi connectivity index (χ2v) is 12.2. The molecule has 0 saturated heterocycles. The van der Waals surface area contributed by atoms with Crippen molar-refractivity contribution in [1.29, 1.82) is 0 Å². The van der Waals surface area contributed by atoms with E-state index in [2.05, 4.69) is 122 Å². The van der Waals surface area contributed by atoms with Gasteiger partial charge in [-0.1, -0.05) is 149 Å². The van der Waals surface area contributed by atoms with Gasteiger partial charge in [0.1, 0.15) is 8.80 Å². The summed E-state index contributed by atoms with van der Waals surface area (Å²) in [7, 11) is -1.29. The Labute approximate surface area is 184 Å². The smallest absolute Gasteiger partial charge is 0.0651 e. The van der Waals surface area contributed by atoms with Crippen molar-refractivity contribution in [2.45, 2.75) is 19.8 Å². The Kier molecular flexibility index (Phi) is 7.01. The number of rotatable bonds is 7. The Bertz CT molecular complexity index is 1030. The van der Waals surface area contributed by atoms with Crippen molar-refractivity contribution in [1.82, 2.24) is 0 Å². The molecule has 0 heterocycles. The van der Waals surface area contributed by atoms with E-state index in [1.165, 1.54) is 39.2 Å². The van der Waals surface area contributed by atoms with Crippen LogP contribution < -0.4 is 20.7 Å². The van der Waals surface area contributed by atoms with Crippen molar-refractivity contribution in [3.05, 3.63) is 121 Å². The molecule has 2 heteroatoms. The molecule has 0 nitrogen and oxygen atoms in total. The lowest BCUT2D eigenvalue weighted by Crippen LogP contribution is -2.52. The van der Waals surface area contributed by atoms with Crippen molar-refractivity contribution < 1.29 is 0 Å². The van der Waals surface area contributed by atoms with Crippen molar-refractivity contribution in [2.24, 2.45) is 0 Å². The molecule has 0 bridgehead atoms. The monoisotopic (exact) mass is 420 g/mol. The average molecular weight is 421 g/mol.